The van der Waals surface area contributed by atoms with Gasteiger partial charge >= 0.3 is 0 Å². The first-order valence-corrected chi connectivity index (χ1v) is 9.48. The van der Waals surface area contributed by atoms with E-state index >= 15 is 0 Å². The molecule has 1 N–H and O–H groups in total. The van der Waals surface area contributed by atoms with Gasteiger partial charge in [-0.1, -0.05) is 12.1 Å². The highest BCUT2D eigenvalue weighted by atomic mass is 16.5. The molecule has 2 aromatic rings. The van der Waals surface area contributed by atoms with Crippen LogP contribution in [-0.4, -0.2) is 44.5 Å². The number of ether oxygens (including phenoxy) is 3. The summed E-state index contributed by atoms with van der Waals surface area (Å²) in [6.07, 6.45) is 1.97. The lowest BCUT2D eigenvalue weighted by Gasteiger charge is -2.29. The Morgan fingerprint density at radius 1 is 1.15 bits per heavy atom. The number of nitrogens with zero attached hydrogens (tertiary/aromatic N) is 2. The van der Waals surface area contributed by atoms with Crippen LogP contribution in [0.2, 0.25) is 0 Å². The SMILES string of the molecule is COc1cc(CNCc2cccnc2N2CCOCC2)ccc1OC(C)C. The highest BCUT2D eigenvalue weighted by molar-refractivity contribution is 5.47. The molecule has 3 rings (SSSR count). The van der Waals surface area contributed by atoms with Crippen LogP contribution in [0, 0.1) is 0 Å². The summed E-state index contributed by atoms with van der Waals surface area (Å²) in [5, 5.41) is 3.51. The van der Waals surface area contributed by atoms with Gasteiger partial charge in [0.25, 0.3) is 0 Å². The summed E-state index contributed by atoms with van der Waals surface area (Å²) in [6, 6.07) is 10.2. The van der Waals surface area contributed by atoms with Gasteiger partial charge in [0.05, 0.1) is 26.4 Å². The third-order valence-corrected chi connectivity index (χ3v) is 4.41. The molecule has 0 amide bonds. The number of morpholine rings is 1. The van der Waals surface area contributed by atoms with Gasteiger partial charge in [-0.3, -0.25) is 0 Å². The number of hydrogen-bond acceptors (Lipinski definition) is 6. The fraction of sp³-hybridized carbons (Fsp3) is 0.476. The summed E-state index contributed by atoms with van der Waals surface area (Å²) in [5.74, 6) is 2.59. The Hall–Kier alpha value is -2.31. The van der Waals surface area contributed by atoms with E-state index in [0.29, 0.717) is 0 Å². The molecule has 146 valence electrons. The minimum atomic E-state index is 0.118. The van der Waals surface area contributed by atoms with Crippen molar-refractivity contribution in [2.75, 3.05) is 38.3 Å². The third-order valence-electron chi connectivity index (χ3n) is 4.41. The minimum absolute atomic E-state index is 0.118. The van der Waals surface area contributed by atoms with Crippen LogP contribution in [0.25, 0.3) is 0 Å². The molecule has 0 atom stereocenters. The van der Waals surface area contributed by atoms with Crippen molar-refractivity contribution in [3.8, 4) is 11.5 Å². The van der Waals surface area contributed by atoms with Crippen molar-refractivity contribution in [3.63, 3.8) is 0 Å². The number of rotatable bonds is 8. The van der Waals surface area contributed by atoms with Gasteiger partial charge < -0.3 is 24.4 Å². The number of methoxy groups -OCH3 is 1. The second-order valence-corrected chi connectivity index (χ2v) is 6.84. The van der Waals surface area contributed by atoms with Crippen molar-refractivity contribution in [2.24, 2.45) is 0 Å². The third kappa shape index (κ3) is 5.34. The molecule has 0 bridgehead atoms. The molecule has 1 aliphatic heterocycles. The first-order chi connectivity index (χ1) is 13.2. The number of hydrogen-bond donors (Lipinski definition) is 1. The van der Waals surface area contributed by atoms with E-state index in [1.54, 1.807) is 7.11 Å². The fourth-order valence-corrected chi connectivity index (χ4v) is 3.14. The van der Waals surface area contributed by atoms with Gasteiger partial charge in [0.15, 0.2) is 11.5 Å². The molecular formula is C21H29N3O3. The standard InChI is InChI=1S/C21H29N3O3/c1-16(2)27-19-7-6-17(13-20(19)25-3)14-22-15-18-5-4-8-23-21(18)24-9-11-26-12-10-24/h4-8,13,16,22H,9-12,14-15H2,1-3H3. The number of benzene rings is 1. The van der Waals surface area contributed by atoms with Gasteiger partial charge in [-0.15, -0.1) is 0 Å². The van der Waals surface area contributed by atoms with Crippen LogP contribution in [0.5, 0.6) is 11.5 Å². The molecule has 0 saturated carbocycles. The Labute approximate surface area is 161 Å². The first kappa shape index (κ1) is 19.5. The van der Waals surface area contributed by atoms with Crippen molar-refractivity contribution in [1.82, 2.24) is 10.3 Å². The van der Waals surface area contributed by atoms with Gasteiger partial charge in [-0.2, -0.15) is 0 Å². The highest BCUT2D eigenvalue weighted by Crippen LogP contribution is 2.29. The van der Waals surface area contributed by atoms with Crippen molar-refractivity contribution in [3.05, 3.63) is 47.7 Å². The smallest absolute Gasteiger partial charge is 0.161 e. The van der Waals surface area contributed by atoms with Gasteiger partial charge in [0.2, 0.25) is 0 Å². The Kier molecular flexibility index (Phi) is 6.90. The second kappa shape index (κ2) is 9.58. The lowest BCUT2D eigenvalue weighted by Crippen LogP contribution is -2.37. The Morgan fingerprint density at radius 2 is 1.96 bits per heavy atom. The lowest BCUT2D eigenvalue weighted by atomic mass is 10.2. The Balaban J connectivity index is 1.61. The van der Waals surface area contributed by atoms with Crippen LogP contribution in [0.15, 0.2) is 36.5 Å². The van der Waals surface area contributed by atoms with Gasteiger partial charge in [-0.05, 0) is 37.6 Å². The predicted octanol–water partition coefficient (Wildman–Crippen LogP) is 3.00. The zero-order valence-electron chi connectivity index (χ0n) is 16.4. The van der Waals surface area contributed by atoms with Crippen LogP contribution in [-0.2, 0) is 17.8 Å². The van der Waals surface area contributed by atoms with E-state index in [1.807, 2.05) is 38.2 Å². The van der Waals surface area contributed by atoms with E-state index in [-0.39, 0.29) is 6.10 Å². The van der Waals surface area contributed by atoms with Gasteiger partial charge in [0.1, 0.15) is 5.82 Å². The quantitative estimate of drug-likeness (QED) is 0.770. The summed E-state index contributed by atoms with van der Waals surface area (Å²) in [7, 11) is 1.67. The minimum Gasteiger partial charge on any atom is -0.493 e. The van der Waals surface area contributed by atoms with Crippen molar-refractivity contribution >= 4 is 5.82 Å². The zero-order valence-corrected chi connectivity index (χ0v) is 16.4. The maximum atomic E-state index is 5.78. The fourth-order valence-electron chi connectivity index (χ4n) is 3.14. The summed E-state index contributed by atoms with van der Waals surface area (Å²) in [5.41, 5.74) is 2.35. The molecule has 0 spiro atoms. The van der Waals surface area contributed by atoms with Gasteiger partial charge in [0, 0.05) is 37.9 Å². The molecule has 1 fully saturated rings. The van der Waals surface area contributed by atoms with Crippen LogP contribution in [0.3, 0.4) is 0 Å². The largest absolute Gasteiger partial charge is 0.493 e. The van der Waals surface area contributed by atoms with Gasteiger partial charge in [-0.25, -0.2) is 4.98 Å². The first-order valence-electron chi connectivity index (χ1n) is 9.48. The molecule has 27 heavy (non-hydrogen) atoms. The number of pyridine rings is 1. The average Bonchev–Trinajstić information content (AvgIpc) is 2.69. The summed E-state index contributed by atoms with van der Waals surface area (Å²) < 4.78 is 16.7. The molecule has 1 aliphatic rings. The molecule has 1 aromatic carbocycles. The Bertz CT molecular complexity index is 730. The summed E-state index contributed by atoms with van der Waals surface area (Å²) in [6.45, 7) is 8.81. The predicted molar refractivity (Wildman–Crippen MR) is 107 cm³/mol. The van der Waals surface area contributed by atoms with Crippen LogP contribution >= 0.6 is 0 Å². The summed E-state index contributed by atoms with van der Waals surface area (Å²) in [4.78, 5) is 6.88. The van der Waals surface area contributed by atoms with Crippen LogP contribution in [0.1, 0.15) is 25.0 Å². The molecule has 0 radical (unpaired) electrons. The monoisotopic (exact) mass is 371 g/mol. The topological polar surface area (TPSA) is 55.9 Å². The molecule has 1 saturated heterocycles. The van der Waals surface area contributed by atoms with Crippen LogP contribution < -0.4 is 19.7 Å². The second-order valence-electron chi connectivity index (χ2n) is 6.84. The number of anilines is 1. The molecule has 0 aliphatic carbocycles. The van der Waals surface area contributed by atoms with E-state index in [0.717, 1.165) is 62.3 Å². The molecule has 0 unspecified atom stereocenters. The lowest BCUT2D eigenvalue weighted by molar-refractivity contribution is 0.122. The van der Waals surface area contributed by atoms with E-state index in [1.165, 1.54) is 5.56 Å². The van der Waals surface area contributed by atoms with Crippen molar-refractivity contribution < 1.29 is 14.2 Å². The average molecular weight is 371 g/mol. The summed E-state index contributed by atoms with van der Waals surface area (Å²) >= 11 is 0. The maximum Gasteiger partial charge on any atom is 0.161 e. The van der Waals surface area contributed by atoms with E-state index in [9.17, 15) is 0 Å². The van der Waals surface area contributed by atoms with Crippen molar-refractivity contribution in [1.29, 1.82) is 0 Å². The molecule has 6 nitrogen and oxygen atoms in total. The maximum absolute atomic E-state index is 5.78. The molecular weight excluding hydrogens is 342 g/mol. The molecule has 6 heteroatoms. The van der Waals surface area contributed by atoms with Crippen molar-refractivity contribution in [2.45, 2.75) is 33.0 Å². The van der Waals surface area contributed by atoms with E-state index < -0.39 is 0 Å². The number of aromatic nitrogens is 1. The van der Waals surface area contributed by atoms with Crippen LogP contribution in [0.4, 0.5) is 5.82 Å². The number of nitrogens with one attached hydrogen (secondary N) is 1. The normalized spacial score (nSPS) is 14.4. The molecule has 2 heterocycles. The van der Waals surface area contributed by atoms with E-state index in [2.05, 4.69) is 27.3 Å². The van der Waals surface area contributed by atoms with E-state index in [4.69, 9.17) is 14.2 Å². The Morgan fingerprint density at radius 3 is 2.70 bits per heavy atom. The highest BCUT2D eigenvalue weighted by Gasteiger charge is 2.15. The molecule has 1 aromatic heterocycles. The zero-order chi connectivity index (χ0) is 19.1.